The quantitative estimate of drug-likeness (QED) is 0.832. The molecule has 20 heavy (non-hydrogen) atoms. The van der Waals surface area contributed by atoms with Crippen LogP contribution in [0.1, 0.15) is 21.7 Å². The molecule has 2 aromatic rings. The monoisotopic (exact) mass is 290 g/mol. The topological polar surface area (TPSA) is 75.4 Å². The number of aliphatic hydroxyl groups is 1. The number of hydrogen-bond donors (Lipinski definition) is 2. The van der Waals surface area contributed by atoms with Crippen LogP contribution in [0.3, 0.4) is 0 Å². The number of aromatic nitrogens is 1. The molecule has 5 nitrogen and oxygen atoms in total. The van der Waals surface area contributed by atoms with E-state index in [1.165, 1.54) is 6.20 Å². The second-order valence-electron chi connectivity index (χ2n) is 3.95. The molecule has 0 radical (unpaired) electrons. The van der Waals surface area contributed by atoms with Gasteiger partial charge in [0.1, 0.15) is 6.61 Å². The minimum atomic E-state index is -0.436. The van der Waals surface area contributed by atoms with Crippen molar-refractivity contribution in [2.45, 2.75) is 6.92 Å². The van der Waals surface area contributed by atoms with E-state index in [1.54, 1.807) is 25.1 Å². The number of carbonyl (C=O) groups is 1. The summed E-state index contributed by atoms with van der Waals surface area (Å²) in [7, 11) is 0. The second kappa shape index (κ2) is 6.24. The Morgan fingerprint density at radius 3 is 3.00 bits per heavy atom. The SMILES string of the molecule is Cc1cnoc1C(=O)Nc1cc(C#CCO)ccc1Cl. The number of nitrogens with zero attached hydrogens (tertiary/aromatic N) is 1. The number of halogens is 1. The highest BCUT2D eigenvalue weighted by atomic mass is 35.5. The van der Waals surface area contributed by atoms with Crippen molar-refractivity contribution in [1.82, 2.24) is 5.16 Å². The third kappa shape index (κ3) is 3.18. The third-order valence-electron chi connectivity index (χ3n) is 2.48. The van der Waals surface area contributed by atoms with Gasteiger partial charge in [-0.2, -0.15) is 0 Å². The van der Waals surface area contributed by atoms with Crippen LogP contribution >= 0.6 is 11.6 Å². The fraction of sp³-hybridized carbons (Fsp3) is 0.143. The standard InChI is InChI=1S/C14H11ClN2O3/c1-9-8-16-20-13(9)14(19)17-12-7-10(3-2-6-18)4-5-11(12)15/h4-5,7-8,18H,6H2,1H3,(H,17,19). The second-order valence-corrected chi connectivity index (χ2v) is 4.35. The van der Waals surface area contributed by atoms with Crippen LogP contribution in [0.2, 0.25) is 5.02 Å². The molecule has 0 unspecified atom stereocenters. The number of aryl methyl sites for hydroxylation is 1. The average molecular weight is 291 g/mol. The molecule has 0 aliphatic rings. The number of anilines is 1. The smallest absolute Gasteiger partial charge is 0.294 e. The summed E-state index contributed by atoms with van der Waals surface area (Å²) in [4.78, 5) is 12.0. The summed E-state index contributed by atoms with van der Waals surface area (Å²) in [5.74, 6) is 4.95. The van der Waals surface area contributed by atoms with Crippen molar-refractivity contribution < 1.29 is 14.4 Å². The zero-order chi connectivity index (χ0) is 14.5. The van der Waals surface area contributed by atoms with E-state index in [4.69, 9.17) is 21.2 Å². The summed E-state index contributed by atoms with van der Waals surface area (Å²) in [5.41, 5.74) is 1.68. The zero-order valence-corrected chi connectivity index (χ0v) is 11.4. The predicted octanol–water partition coefficient (Wildman–Crippen LogP) is 2.23. The molecule has 1 aromatic heterocycles. The molecule has 1 amide bonds. The molecule has 0 fully saturated rings. The molecule has 0 bridgehead atoms. The fourth-order valence-electron chi connectivity index (χ4n) is 1.53. The molecule has 2 rings (SSSR count). The lowest BCUT2D eigenvalue weighted by molar-refractivity contribution is 0.0987. The summed E-state index contributed by atoms with van der Waals surface area (Å²) in [5, 5.41) is 15.2. The largest absolute Gasteiger partial charge is 0.384 e. The van der Waals surface area contributed by atoms with E-state index in [0.717, 1.165) is 0 Å². The lowest BCUT2D eigenvalue weighted by Gasteiger charge is -2.06. The Hall–Kier alpha value is -2.29. The molecule has 1 heterocycles. The molecule has 102 valence electrons. The van der Waals surface area contributed by atoms with Crippen LogP contribution in [0.4, 0.5) is 5.69 Å². The maximum atomic E-state index is 12.0. The van der Waals surface area contributed by atoms with E-state index in [-0.39, 0.29) is 12.4 Å². The number of amides is 1. The summed E-state index contributed by atoms with van der Waals surface area (Å²) in [6.07, 6.45) is 1.46. The van der Waals surface area contributed by atoms with Crippen LogP contribution in [0.25, 0.3) is 0 Å². The highest BCUT2D eigenvalue weighted by Gasteiger charge is 2.15. The molecule has 0 spiro atoms. The molecule has 0 aliphatic carbocycles. The summed E-state index contributed by atoms with van der Waals surface area (Å²) >= 11 is 6.02. The van der Waals surface area contributed by atoms with Crippen molar-refractivity contribution in [2.24, 2.45) is 0 Å². The van der Waals surface area contributed by atoms with Gasteiger partial charge < -0.3 is 14.9 Å². The Bertz CT molecular complexity index is 698. The lowest BCUT2D eigenvalue weighted by Crippen LogP contribution is -2.12. The normalized spacial score (nSPS) is 9.75. The Morgan fingerprint density at radius 1 is 1.55 bits per heavy atom. The van der Waals surface area contributed by atoms with Gasteiger partial charge in [0.15, 0.2) is 0 Å². The van der Waals surface area contributed by atoms with Crippen LogP contribution in [0.5, 0.6) is 0 Å². The lowest BCUT2D eigenvalue weighted by atomic mass is 10.2. The maximum absolute atomic E-state index is 12.0. The first-order chi connectivity index (χ1) is 9.61. The number of rotatable bonds is 2. The first-order valence-corrected chi connectivity index (χ1v) is 6.11. The summed E-state index contributed by atoms with van der Waals surface area (Å²) in [6, 6.07) is 4.93. The van der Waals surface area contributed by atoms with Crippen molar-refractivity contribution in [1.29, 1.82) is 0 Å². The van der Waals surface area contributed by atoms with Crippen LogP contribution in [0.15, 0.2) is 28.9 Å². The highest BCUT2D eigenvalue weighted by molar-refractivity contribution is 6.34. The first-order valence-electron chi connectivity index (χ1n) is 5.73. The van der Waals surface area contributed by atoms with E-state index < -0.39 is 5.91 Å². The minimum absolute atomic E-state index is 0.132. The third-order valence-corrected chi connectivity index (χ3v) is 2.81. The molecule has 2 N–H and O–H groups in total. The van der Waals surface area contributed by atoms with Crippen LogP contribution in [-0.2, 0) is 0 Å². The maximum Gasteiger partial charge on any atom is 0.294 e. The van der Waals surface area contributed by atoms with E-state index in [2.05, 4.69) is 22.3 Å². The van der Waals surface area contributed by atoms with Crippen LogP contribution in [0, 0.1) is 18.8 Å². The Labute approximate surface area is 120 Å². The highest BCUT2D eigenvalue weighted by Crippen LogP contribution is 2.23. The number of carbonyl (C=O) groups excluding carboxylic acids is 1. The molecular weight excluding hydrogens is 280 g/mol. The number of nitrogens with one attached hydrogen (secondary N) is 1. The number of hydrogen-bond acceptors (Lipinski definition) is 4. The zero-order valence-electron chi connectivity index (χ0n) is 10.6. The van der Waals surface area contributed by atoms with Gasteiger partial charge in [-0.25, -0.2) is 0 Å². The molecule has 6 heteroatoms. The van der Waals surface area contributed by atoms with Gasteiger partial charge in [0.25, 0.3) is 5.91 Å². The Kier molecular flexibility index (Phi) is 4.41. The Morgan fingerprint density at radius 2 is 2.35 bits per heavy atom. The molecule has 1 aromatic carbocycles. The first kappa shape index (κ1) is 14.1. The summed E-state index contributed by atoms with van der Waals surface area (Å²) in [6.45, 7) is 1.48. The van der Waals surface area contributed by atoms with Crippen molar-refractivity contribution in [3.63, 3.8) is 0 Å². The van der Waals surface area contributed by atoms with Crippen molar-refractivity contribution in [3.8, 4) is 11.8 Å². The van der Waals surface area contributed by atoms with Crippen molar-refractivity contribution in [3.05, 3.63) is 46.3 Å². The Balaban J connectivity index is 2.25. The van der Waals surface area contributed by atoms with Gasteiger partial charge in [-0.1, -0.05) is 28.6 Å². The van der Waals surface area contributed by atoms with Crippen molar-refractivity contribution >= 4 is 23.2 Å². The molecule has 0 saturated heterocycles. The predicted molar refractivity (Wildman–Crippen MR) is 74.6 cm³/mol. The number of aliphatic hydroxyl groups excluding tert-OH is 1. The van der Waals surface area contributed by atoms with Gasteiger partial charge in [0, 0.05) is 11.1 Å². The van der Waals surface area contributed by atoms with Crippen LogP contribution < -0.4 is 5.32 Å². The van der Waals surface area contributed by atoms with Gasteiger partial charge in [-0.3, -0.25) is 4.79 Å². The van der Waals surface area contributed by atoms with E-state index in [9.17, 15) is 4.79 Å². The van der Waals surface area contributed by atoms with Gasteiger partial charge >= 0.3 is 0 Å². The van der Waals surface area contributed by atoms with E-state index >= 15 is 0 Å². The molecule has 0 atom stereocenters. The van der Waals surface area contributed by atoms with Crippen molar-refractivity contribution in [2.75, 3.05) is 11.9 Å². The van der Waals surface area contributed by atoms with Gasteiger partial charge in [0.05, 0.1) is 16.9 Å². The molecule has 0 saturated carbocycles. The van der Waals surface area contributed by atoms with Gasteiger partial charge in [-0.05, 0) is 25.1 Å². The van der Waals surface area contributed by atoms with Gasteiger partial charge in [-0.15, -0.1) is 0 Å². The van der Waals surface area contributed by atoms with E-state index in [1.807, 2.05) is 0 Å². The molecule has 0 aliphatic heterocycles. The number of benzene rings is 1. The van der Waals surface area contributed by atoms with Gasteiger partial charge in [0.2, 0.25) is 5.76 Å². The van der Waals surface area contributed by atoms with E-state index in [0.29, 0.717) is 21.8 Å². The fourth-order valence-corrected chi connectivity index (χ4v) is 1.69. The van der Waals surface area contributed by atoms with Crippen LogP contribution in [-0.4, -0.2) is 22.8 Å². The average Bonchev–Trinajstić information content (AvgIpc) is 2.86. The minimum Gasteiger partial charge on any atom is -0.384 e. The summed E-state index contributed by atoms with van der Waals surface area (Å²) < 4.78 is 4.87. The molecular formula is C14H11ClN2O3.